The lowest BCUT2D eigenvalue weighted by Gasteiger charge is -2.09. The Bertz CT molecular complexity index is 564. The smallest absolute Gasteiger partial charge is 0.338 e. The summed E-state index contributed by atoms with van der Waals surface area (Å²) in [6, 6.07) is 14.0. The second-order valence-corrected chi connectivity index (χ2v) is 4.33. The molecule has 0 fully saturated rings. The lowest BCUT2D eigenvalue weighted by Crippen LogP contribution is -2.05. The summed E-state index contributed by atoms with van der Waals surface area (Å²) in [5.74, 6) is 0.314. The number of carbonyl (C=O) groups is 1. The number of ether oxygens (including phenoxy) is 2. The Labute approximate surface area is 116 Å². The monoisotopic (exact) mass is 276 g/mol. The van der Waals surface area contributed by atoms with E-state index in [9.17, 15) is 4.79 Å². The van der Waals surface area contributed by atoms with E-state index in [1.807, 2.05) is 24.3 Å². The SMILES string of the molecule is COc1ccccc1COC(=O)c1ccc(Cl)cc1. The zero-order chi connectivity index (χ0) is 13.7. The number of esters is 1. The van der Waals surface area contributed by atoms with Crippen LogP contribution >= 0.6 is 11.6 Å². The molecule has 0 aromatic heterocycles. The van der Waals surface area contributed by atoms with Crippen LogP contribution in [0.4, 0.5) is 0 Å². The van der Waals surface area contributed by atoms with Gasteiger partial charge < -0.3 is 9.47 Å². The van der Waals surface area contributed by atoms with Gasteiger partial charge >= 0.3 is 5.97 Å². The highest BCUT2D eigenvalue weighted by Crippen LogP contribution is 2.19. The first kappa shape index (κ1) is 13.4. The van der Waals surface area contributed by atoms with Gasteiger partial charge in [-0.1, -0.05) is 29.8 Å². The standard InChI is InChI=1S/C15H13ClO3/c1-18-14-5-3-2-4-12(14)10-19-15(17)11-6-8-13(16)9-7-11/h2-9H,10H2,1H3. The van der Waals surface area contributed by atoms with Crippen LogP contribution in [0.2, 0.25) is 5.02 Å². The van der Waals surface area contributed by atoms with E-state index in [1.54, 1.807) is 31.4 Å². The van der Waals surface area contributed by atoms with Gasteiger partial charge in [0.25, 0.3) is 0 Å². The van der Waals surface area contributed by atoms with E-state index in [0.29, 0.717) is 16.3 Å². The van der Waals surface area contributed by atoms with Crippen molar-refractivity contribution in [1.82, 2.24) is 0 Å². The van der Waals surface area contributed by atoms with Crippen LogP contribution in [0, 0.1) is 0 Å². The fourth-order valence-electron chi connectivity index (χ4n) is 1.63. The molecule has 19 heavy (non-hydrogen) atoms. The second-order valence-electron chi connectivity index (χ2n) is 3.89. The van der Waals surface area contributed by atoms with Crippen molar-refractivity contribution in [3.63, 3.8) is 0 Å². The molecule has 0 atom stereocenters. The minimum atomic E-state index is -0.387. The first-order valence-corrected chi connectivity index (χ1v) is 6.13. The zero-order valence-corrected chi connectivity index (χ0v) is 11.2. The topological polar surface area (TPSA) is 35.5 Å². The number of halogens is 1. The molecule has 0 aliphatic heterocycles. The van der Waals surface area contributed by atoms with Gasteiger partial charge in [-0.05, 0) is 30.3 Å². The van der Waals surface area contributed by atoms with E-state index < -0.39 is 0 Å². The van der Waals surface area contributed by atoms with Crippen LogP contribution in [0.25, 0.3) is 0 Å². The lowest BCUT2D eigenvalue weighted by atomic mass is 10.2. The molecule has 0 amide bonds. The first-order chi connectivity index (χ1) is 9.20. The Kier molecular flexibility index (Phi) is 4.42. The molecule has 0 N–H and O–H groups in total. The predicted molar refractivity (Wildman–Crippen MR) is 73.6 cm³/mol. The third-order valence-electron chi connectivity index (χ3n) is 2.63. The Morgan fingerprint density at radius 2 is 1.79 bits per heavy atom. The molecule has 0 aliphatic rings. The minimum absolute atomic E-state index is 0.172. The number of methoxy groups -OCH3 is 1. The molecule has 0 heterocycles. The predicted octanol–water partition coefficient (Wildman–Crippen LogP) is 3.71. The number of para-hydroxylation sites is 1. The molecular formula is C15H13ClO3. The molecule has 2 aromatic rings. The van der Waals surface area contributed by atoms with E-state index >= 15 is 0 Å². The third-order valence-corrected chi connectivity index (χ3v) is 2.88. The lowest BCUT2D eigenvalue weighted by molar-refractivity contribution is 0.0470. The van der Waals surface area contributed by atoms with Gasteiger partial charge in [0.2, 0.25) is 0 Å². The highest BCUT2D eigenvalue weighted by molar-refractivity contribution is 6.30. The van der Waals surface area contributed by atoms with Gasteiger partial charge in [0.15, 0.2) is 0 Å². The summed E-state index contributed by atoms with van der Waals surface area (Å²) >= 11 is 5.76. The van der Waals surface area contributed by atoms with Crippen molar-refractivity contribution in [2.24, 2.45) is 0 Å². The van der Waals surface area contributed by atoms with E-state index in [0.717, 1.165) is 5.56 Å². The Morgan fingerprint density at radius 3 is 2.47 bits per heavy atom. The maximum Gasteiger partial charge on any atom is 0.338 e. The first-order valence-electron chi connectivity index (χ1n) is 5.75. The van der Waals surface area contributed by atoms with Gasteiger partial charge in [-0.2, -0.15) is 0 Å². The highest BCUT2D eigenvalue weighted by atomic mass is 35.5. The summed E-state index contributed by atoms with van der Waals surface area (Å²) < 4.78 is 10.4. The molecule has 3 nitrogen and oxygen atoms in total. The summed E-state index contributed by atoms with van der Waals surface area (Å²) in [4.78, 5) is 11.8. The maximum atomic E-state index is 11.8. The normalized spacial score (nSPS) is 10.0. The van der Waals surface area contributed by atoms with Crippen molar-refractivity contribution < 1.29 is 14.3 Å². The number of benzene rings is 2. The Hall–Kier alpha value is -2.00. The minimum Gasteiger partial charge on any atom is -0.496 e. The summed E-state index contributed by atoms with van der Waals surface area (Å²) in [5, 5.41) is 0.585. The van der Waals surface area contributed by atoms with Crippen molar-refractivity contribution >= 4 is 17.6 Å². The Morgan fingerprint density at radius 1 is 1.11 bits per heavy atom. The molecular weight excluding hydrogens is 264 g/mol. The average molecular weight is 277 g/mol. The van der Waals surface area contributed by atoms with Gasteiger partial charge in [0.05, 0.1) is 12.7 Å². The van der Waals surface area contributed by atoms with Crippen LogP contribution in [0.1, 0.15) is 15.9 Å². The summed E-state index contributed by atoms with van der Waals surface area (Å²) in [5.41, 5.74) is 1.30. The van der Waals surface area contributed by atoms with Crippen LogP contribution in [-0.2, 0) is 11.3 Å². The van der Waals surface area contributed by atoms with Crippen LogP contribution in [-0.4, -0.2) is 13.1 Å². The molecule has 0 spiro atoms. The molecule has 98 valence electrons. The van der Waals surface area contributed by atoms with Crippen LogP contribution < -0.4 is 4.74 Å². The van der Waals surface area contributed by atoms with Crippen molar-refractivity contribution in [2.45, 2.75) is 6.61 Å². The van der Waals surface area contributed by atoms with Crippen LogP contribution in [0.5, 0.6) is 5.75 Å². The summed E-state index contributed by atoms with van der Waals surface area (Å²) in [7, 11) is 1.58. The van der Waals surface area contributed by atoms with Crippen LogP contribution in [0.3, 0.4) is 0 Å². The average Bonchev–Trinajstić information content (AvgIpc) is 2.45. The fourth-order valence-corrected chi connectivity index (χ4v) is 1.76. The maximum absolute atomic E-state index is 11.8. The van der Waals surface area contributed by atoms with Gasteiger partial charge in [-0.25, -0.2) is 4.79 Å². The Balaban J connectivity index is 2.02. The largest absolute Gasteiger partial charge is 0.496 e. The number of carbonyl (C=O) groups excluding carboxylic acids is 1. The molecule has 0 unspecified atom stereocenters. The molecule has 0 radical (unpaired) electrons. The van der Waals surface area contributed by atoms with Gasteiger partial charge in [-0.3, -0.25) is 0 Å². The highest BCUT2D eigenvalue weighted by Gasteiger charge is 2.09. The van der Waals surface area contributed by atoms with E-state index in [2.05, 4.69) is 0 Å². The molecule has 0 bridgehead atoms. The third kappa shape index (κ3) is 3.48. The molecule has 2 rings (SSSR count). The summed E-state index contributed by atoms with van der Waals surface area (Å²) in [6.07, 6.45) is 0. The molecule has 4 heteroatoms. The quantitative estimate of drug-likeness (QED) is 0.799. The zero-order valence-electron chi connectivity index (χ0n) is 10.4. The van der Waals surface area contributed by atoms with Crippen LogP contribution in [0.15, 0.2) is 48.5 Å². The van der Waals surface area contributed by atoms with Crippen molar-refractivity contribution in [3.8, 4) is 5.75 Å². The van der Waals surface area contributed by atoms with E-state index in [1.165, 1.54) is 0 Å². The van der Waals surface area contributed by atoms with Gasteiger partial charge in [-0.15, -0.1) is 0 Å². The van der Waals surface area contributed by atoms with E-state index in [-0.39, 0.29) is 12.6 Å². The number of rotatable bonds is 4. The molecule has 0 saturated heterocycles. The van der Waals surface area contributed by atoms with E-state index in [4.69, 9.17) is 21.1 Å². The molecule has 0 saturated carbocycles. The fraction of sp³-hybridized carbons (Fsp3) is 0.133. The number of hydrogen-bond acceptors (Lipinski definition) is 3. The van der Waals surface area contributed by atoms with Gasteiger partial charge in [0, 0.05) is 10.6 Å². The summed E-state index contributed by atoms with van der Waals surface area (Å²) in [6.45, 7) is 0.172. The van der Waals surface area contributed by atoms with Crippen molar-refractivity contribution in [2.75, 3.05) is 7.11 Å². The number of hydrogen-bond donors (Lipinski definition) is 0. The van der Waals surface area contributed by atoms with Crippen molar-refractivity contribution in [3.05, 3.63) is 64.7 Å². The second kappa shape index (κ2) is 6.25. The van der Waals surface area contributed by atoms with Gasteiger partial charge in [0.1, 0.15) is 12.4 Å². The molecule has 2 aromatic carbocycles. The molecule has 0 aliphatic carbocycles. The van der Waals surface area contributed by atoms with Crippen molar-refractivity contribution in [1.29, 1.82) is 0 Å².